The molecule has 124 valence electrons. The van der Waals surface area contributed by atoms with Gasteiger partial charge in [-0.15, -0.1) is 19.0 Å². The first-order valence-corrected chi connectivity index (χ1v) is 7.33. The lowest BCUT2D eigenvalue weighted by atomic mass is 9.79. The quantitative estimate of drug-likeness (QED) is 0.499. The van der Waals surface area contributed by atoms with Crippen LogP contribution in [0.2, 0.25) is 0 Å². The number of nitrogens with one attached hydrogen (secondary N) is 2. The number of amides is 1. The van der Waals surface area contributed by atoms with Gasteiger partial charge in [0.25, 0.3) is 0 Å². The molecule has 1 heterocycles. The summed E-state index contributed by atoms with van der Waals surface area (Å²) >= 11 is 0. The Labute approximate surface area is 134 Å². The van der Waals surface area contributed by atoms with Crippen molar-refractivity contribution in [2.24, 2.45) is 5.41 Å². The molecule has 0 aliphatic carbocycles. The Hall–Kier alpha value is -0.620. The Morgan fingerprint density at radius 2 is 2.14 bits per heavy atom. The van der Waals surface area contributed by atoms with Crippen molar-refractivity contribution in [1.82, 2.24) is 10.6 Å². The van der Waals surface area contributed by atoms with Crippen LogP contribution in [0, 0.1) is 5.41 Å². The Morgan fingerprint density at radius 1 is 1.48 bits per heavy atom. The van der Waals surface area contributed by atoms with Crippen LogP contribution in [0.4, 0.5) is 0 Å². The van der Waals surface area contributed by atoms with E-state index in [1.54, 1.807) is 20.1 Å². The summed E-state index contributed by atoms with van der Waals surface area (Å²) in [5, 5.41) is 6.35. The maximum absolute atomic E-state index is 12.0. The van der Waals surface area contributed by atoms with Gasteiger partial charge in [0.15, 0.2) is 0 Å². The zero-order chi connectivity index (χ0) is 14.8. The first kappa shape index (κ1) is 20.4. The molecule has 1 unspecified atom stereocenters. The topological polar surface area (TPSA) is 59.6 Å². The number of piperidine rings is 1. The number of hydrogen-bond acceptors (Lipinski definition) is 4. The third kappa shape index (κ3) is 7.27. The molecule has 1 atom stereocenters. The molecule has 0 saturated carbocycles. The van der Waals surface area contributed by atoms with Gasteiger partial charge in [-0.1, -0.05) is 6.08 Å². The van der Waals surface area contributed by atoms with Gasteiger partial charge in [0.05, 0.1) is 13.2 Å². The van der Waals surface area contributed by atoms with Crippen molar-refractivity contribution in [3.63, 3.8) is 0 Å². The average Bonchev–Trinajstić information content (AvgIpc) is 2.46. The maximum Gasteiger partial charge on any atom is 0.248 e. The van der Waals surface area contributed by atoms with Crippen molar-refractivity contribution in [1.29, 1.82) is 0 Å². The molecule has 0 bridgehead atoms. The van der Waals surface area contributed by atoms with E-state index in [1.807, 2.05) is 0 Å². The Kier molecular flexibility index (Phi) is 10.7. The van der Waals surface area contributed by atoms with Gasteiger partial charge in [-0.3, -0.25) is 4.79 Å². The molecule has 21 heavy (non-hydrogen) atoms. The largest absolute Gasteiger partial charge is 0.384 e. The lowest BCUT2D eigenvalue weighted by Gasteiger charge is -2.37. The Bertz CT molecular complexity index is 302. The normalized spacial score (nSPS) is 18.4. The minimum Gasteiger partial charge on any atom is -0.384 e. The second-order valence-corrected chi connectivity index (χ2v) is 5.49. The van der Waals surface area contributed by atoms with Gasteiger partial charge in [-0.25, -0.2) is 0 Å². The van der Waals surface area contributed by atoms with Crippen LogP contribution in [0.15, 0.2) is 12.7 Å². The Morgan fingerprint density at radius 3 is 2.71 bits per heavy atom. The highest BCUT2D eigenvalue weighted by atomic mass is 35.5. The number of methoxy groups -OCH3 is 1. The zero-order valence-electron chi connectivity index (χ0n) is 13.2. The van der Waals surface area contributed by atoms with Crippen LogP contribution < -0.4 is 10.6 Å². The molecule has 0 spiro atoms. The molecular formula is C15H29ClN2O3. The lowest BCUT2D eigenvalue weighted by Crippen LogP contribution is -2.48. The third-order valence-electron chi connectivity index (χ3n) is 3.81. The molecule has 1 fully saturated rings. The molecule has 0 aromatic heterocycles. The van der Waals surface area contributed by atoms with E-state index < -0.39 is 6.10 Å². The number of carbonyl (C=O) groups excluding carboxylic acids is 1. The van der Waals surface area contributed by atoms with E-state index in [1.165, 1.54) is 0 Å². The zero-order valence-corrected chi connectivity index (χ0v) is 14.0. The van der Waals surface area contributed by atoms with Crippen LogP contribution in [-0.4, -0.2) is 52.0 Å². The SMILES string of the molecule is C=CCCOC(C)C(=O)NCC1(COC)CCNCC1.Cl. The van der Waals surface area contributed by atoms with Gasteiger partial charge in [-0.05, 0) is 39.3 Å². The molecular weight excluding hydrogens is 292 g/mol. The van der Waals surface area contributed by atoms with E-state index in [0.29, 0.717) is 19.8 Å². The highest BCUT2D eigenvalue weighted by Crippen LogP contribution is 2.28. The standard InChI is InChI=1S/C15H28N2O3.ClH/c1-4-5-10-20-13(2)14(18)17-11-15(12-19-3)6-8-16-9-7-15;/h4,13,16H,1,5-12H2,2-3H3,(H,17,18);1H. The van der Waals surface area contributed by atoms with E-state index >= 15 is 0 Å². The summed E-state index contributed by atoms with van der Waals surface area (Å²) in [5.74, 6) is -0.0527. The third-order valence-corrected chi connectivity index (χ3v) is 3.81. The van der Waals surface area contributed by atoms with Crippen molar-refractivity contribution in [2.45, 2.75) is 32.3 Å². The molecule has 0 aromatic carbocycles. The van der Waals surface area contributed by atoms with Crippen molar-refractivity contribution >= 4 is 18.3 Å². The molecule has 0 aromatic rings. The van der Waals surface area contributed by atoms with E-state index in [-0.39, 0.29) is 23.7 Å². The molecule has 2 N–H and O–H groups in total. The Balaban J connectivity index is 0.00000400. The second-order valence-electron chi connectivity index (χ2n) is 5.49. The predicted octanol–water partition coefficient (Wildman–Crippen LogP) is 1.52. The van der Waals surface area contributed by atoms with E-state index in [2.05, 4.69) is 17.2 Å². The summed E-state index contributed by atoms with van der Waals surface area (Å²) in [4.78, 5) is 12.0. The van der Waals surface area contributed by atoms with Gasteiger partial charge in [-0.2, -0.15) is 0 Å². The average molecular weight is 321 g/mol. The van der Waals surface area contributed by atoms with Crippen molar-refractivity contribution in [2.75, 3.05) is 40.0 Å². The van der Waals surface area contributed by atoms with Crippen molar-refractivity contribution < 1.29 is 14.3 Å². The summed E-state index contributed by atoms with van der Waals surface area (Å²) in [6.07, 6.45) is 4.17. The fourth-order valence-corrected chi connectivity index (χ4v) is 2.46. The first-order chi connectivity index (χ1) is 9.63. The molecule has 1 aliphatic rings. The fourth-order valence-electron chi connectivity index (χ4n) is 2.46. The molecule has 1 saturated heterocycles. The van der Waals surface area contributed by atoms with Crippen molar-refractivity contribution in [3.8, 4) is 0 Å². The minimum absolute atomic E-state index is 0. The van der Waals surface area contributed by atoms with Gasteiger partial charge in [0.2, 0.25) is 5.91 Å². The van der Waals surface area contributed by atoms with Gasteiger partial charge >= 0.3 is 0 Å². The van der Waals surface area contributed by atoms with Crippen LogP contribution in [0.5, 0.6) is 0 Å². The van der Waals surface area contributed by atoms with Gasteiger partial charge in [0.1, 0.15) is 6.10 Å². The van der Waals surface area contributed by atoms with Crippen LogP contribution in [0.1, 0.15) is 26.2 Å². The summed E-state index contributed by atoms with van der Waals surface area (Å²) in [7, 11) is 1.71. The lowest BCUT2D eigenvalue weighted by molar-refractivity contribution is -0.132. The minimum atomic E-state index is -0.420. The van der Waals surface area contributed by atoms with Gasteiger partial charge < -0.3 is 20.1 Å². The number of ether oxygens (including phenoxy) is 2. The number of rotatable bonds is 9. The molecule has 5 nitrogen and oxygen atoms in total. The highest BCUT2D eigenvalue weighted by molar-refractivity contribution is 5.85. The number of hydrogen-bond donors (Lipinski definition) is 2. The van der Waals surface area contributed by atoms with E-state index in [4.69, 9.17) is 9.47 Å². The van der Waals surface area contributed by atoms with Crippen LogP contribution in [-0.2, 0) is 14.3 Å². The number of halogens is 1. The molecule has 0 radical (unpaired) electrons. The first-order valence-electron chi connectivity index (χ1n) is 7.33. The summed E-state index contributed by atoms with van der Waals surface area (Å²) in [6.45, 7) is 9.23. The predicted molar refractivity (Wildman–Crippen MR) is 86.9 cm³/mol. The van der Waals surface area contributed by atoms with E-state index in [9.17, 15) is 4.79 Å². The monoisotopic (exact) mass is 320 g/mol. The number of carbonyl (C=O) groups is 1. The fraction of sp³-hybridized carbons (Fsp3) is 0.800. The molecule has 1 amide bonds. The summed E-state index contributed by atoms with van der Waals surface area (Å²) in [6, 6.07) is 0. The summed E-state index contributed by atoms with van der Waals surface area (Å²) < 4.78 is 10.8. The van der Waals surface area contributed by atoms with E-state index in [0.717, 1.165) is 32.4 Å². The molecule has 1 rings (SSSR count). The van der Waals surface area contributed by atoms with Crippen molar-refractivity contribution in [3.05, 3.63) is 12.7 Å². The maximum atomic E-state index is 12.0. The van der Waals surface area contributed by atoms with Crippen LogP contribution in [0.25, 0.3) is 0 Å². The second kappa shape index (κ2) is 11.0. The van der Waals surface area contributed by atoms with Crippen LogP contribution >= 0.6 is 12.4 Å². The smallest absolute Gasteiger partial charge is 0.248 e. The highest BCUT2D eigenvalue weighted by Gasteiger charge is 2.32. The molecule has 6 heteroatoms. The van der Waals surface area contributed by atoms with Crippen LogP contribution in [0.3, 0.4) is 0 Å². The summed E-state index contributed by atoms with van der Waals surface area (Å²) in [5.41, 5.74) is 0.0521. The van der Waals surface area contributed by atoms with Gasteiger partial charge in [0, 0.05) is 19.1 Å². The molecule has 1 aliphatic heterocycles.